The van der Waals surface area contributed by atoms with Crippen LogP contribution in [0.25, 0.3) is 10.1 Å². The summed E-state index contributed by atoms with van der Waals surface area (Å²) in [4.78, 5) is 35.4. The van der Waals surface area contributed by atoms with Gasteiger partial charge in [-0.25, -0.2) is 4.79 Å². The number of fused-ring (bicyclic) bond motifs is 1. The van der Waals surface area contributed by atoms with Gasteiger partial charge in [-0.15, -0.1) is 11.3 Å². The molecule has 0 unspecified atom stereocenters. The zero-order valence-corrected chi connectivity index (χ0v) is 15.6. The van der Waals surface area contributed by atoms with Crippen molar-refractivity contribution in [3.63, 3.8) is 0 Å². The highest BCUT2D eigenvalue weighted by Gasteiger charge is 2.23. The Labute approximate surface area is 162 Å². The highest BCUT2D eigenvalue weighted by Crippen LogP contribution is 2.37. The number of nitro groups is 1. The number of hydrogen-bond donors (Lipinski definition) is 1. The quantitative estimate of drug-likeness (QED) is 0.370. The zero-order chi connectivity index (χ0) is 19.6. The van der Waals surface area contributed by atoms with Crippen molar-refractivity contribution in [2.45, 2.75) is 6.92 Å². The predicted molar refractivity (Wildman–Crippen MR) is 104 cm³/mol. The molecular weight excluding hydrogens is 392 g/mol. The number of carbonyl (C=O) groups excluding carboxylic acids is 2. The maximum Gasteiger partial charge on any atom is 0.341 e. The molecule has 0 bridgehead atoms. The summed E-state index contributed by atoms with van der Waals surface area (Å²) in [7, 11) is 0. The summed E-state index contributed by atoms with van der Waals surface area (Å²) in [5.41, 5.74) is -0.0722. The Balaban J connectivity index is 2.03. The van der Waals surface area contributed by atoms with E-state index >= 15 is 0 Å². The highest BCUT2D eigenvalue weighted by molar-refractivity contribution is 7.23. The number of thiophene rings is 1. The fourth-order valence-corrected chi connectivity index (χ4v) is 3.80. The number of hydrogen-bond acceptors (Lipinski definition) is 6. The summed E-state index contributed by atoms with van der Waals surface area (Å²) in [6, 6.07) is 10.8. The van der Waals surface area contributed by atoms with E-state index in [2.05, 4.69) is 5.32 Å². The van der Waals surface area contributed by atoms with Crippen molar-refractivity contribution in [3.8, 4) is 0 Å². The first-order valence-corrected chi connectivity index (χ1v) is 9.05. The number of anilines is 1. The topological polar surface area (TPSA) is 98.5 Å². The van der Waals surface area contributed by atoms with E-state index in [4.69, 9.17) is 16.3 Å². The van der Waals surface area contributed by atoms with Gasteiger partial charge >= 0.3 is 5.97 Å². The van der Waals surface area contributed by atoms with Crippen molar-refractivity contribution in [1.82, 2.24) is 0 Å². The number of benzene rings is 2. The molecule has 0 atom stereocenters. The molecule has 138 valence electrons. The lowest BCUT2D eigenvalue weighted by Gasteiger charge is -2.08. The molecule has 0 radical (unpaired) electrons. The summed E-state index contributed by atoms with van der Waals surface area (Å²) in [6.45, 7) is 1.88. The van der Waals surface area contributed by atoms with Gasteiger partial charge in [0.05, 0.1) is 22.1 Å². The molecule has 9 heteroatoms. The molecule has 7 nitrogen and oxygen atoms in total. The van der Waals surface area contributed by atoms with Crippen LogP contribution < -0.4 is 5.32 Å². The molecule has 0 aliphatic rings. The Morgan fingerprint density at radius 2 is 2.00 bits per heavy atom. The number of halogens is 1. The van der Waals surface area contributed by atoms with Crippen molar-refractivity contribution >= 4 is 55.6 Å². The van der Waals surface area contributed by atoms with E-state index < -0.39 is 16.8 Å². The minimum Gasteiger partial charge on any atom is -0.462 e. The monoisotopic (exact) mass is 404 g/mol. The largest absolute Gasteiger partial charge is 0.462 e. The van der Waals surface area contributed by atoms with E-state index in [1.165, 1.54) is 23.5 Å². The Kier molecular flexibility index (Phi) is 5.38. The van der Waals surface area contributed by atoms with E-state index in [-0.39, 0.29) is 28.4 Å². The molecule has 3 rings (SSSR count). The van der Waals surface area contributed by atoms with E-state index in [9.17, 15) is 19.7 Å². The molecule has 1 aromatic heterocycles. The van der Waals surface area contributed by atoms with Crippen LogP contribution in [-0.2, 0) is 4.74 Å². The van der Waals surface area contributed by atoms with Crippen LogP contribution in [0.3, 0.4) is 0 Å². The van der Waals surface area contributed by atoms with Gasteiger partial charge in [0, 0.05) is 22.2 Å². The first-order chi connectivity index (χ1) is 12.9. The highest BCUT2D eigenvalue weighted by atomic mass is 35.5. The van der Waals surface area contributed by atoms with Crippen LogP contribution in [0.4, 0.5) is 10.7 Å². The molecule has 1 heterocycles. The smallest absolute Gasteiger partial charge is 0.341 e. The average Bonchev–Trinajstić information content (AvgIpc) is 2.99. The van der Waals surface area contributed by atoms with Gasteiger partial charge in [0.1, 0.15) is 10.6 Å². The number of ether oxygens (including phenoxy) is 1. The van der Waals surface area contributed by atoms with E-state index in [0.29, 0.717) is 10.4 Å². The molecular formula is C18H13ClN2O5S. The minimum atomic E-state index is -0.652. The summed E-state index contributed by atoms with van der Waals surface area (Å²) in [5, 5.41) is 14.6. The number of nitrogens with zero attached hydrogens (tertiary/aromatic N) is 1. The van der Waals surface area contributed by atoms with E-state index in [0.717, 1.165) is 10.8 Å². The Hall–Kier alpha value is -2.97. The maximum absolute atomic E-state index is 12.7. The molecule has 0 spiro atoms. The molecule has 3 aromatic rings. The number of rotatable bonds is 5. The number of nitrogens with one attached hydrogen (secondary N) is 1. The van der Waals surface area contributed by atoms with E-state index in [1.807, 2.05) is 12.1 Å². The van der Waals surface area contributed by atoms with Gasteiger partial charge in [0.25, 0.3) is 11.6 Å². The Bertz CT molecular complexity index is 1060. The van der Waals surface area contributed by atoms with Gasteiger partial charge in [0.2, 0.25) is 0 Å². The molecule has 0 saturated heterocycles. The van der Waals surface area contributed by atoms with Crippen LogP contribution in [0.1, 0.15) is 27.6 Å². The van der Waals surface area contributed by atoms with Gasteiger partial charge in [-0.05, 0) is 19.1 Å². The van der Waals surface area contributed by atoms with Crippen molar-refractivity contribution < 1.29 is 19.2 Å². The summed E-state index contributed by atoms with van der Waals surface area (Å²) >= 11 is 7.23. The molecule has 0 aliphatic carbocycles. The van der Waals surface area contributed by atoms with Gasteiger partial charge in [0.15, 0.2) is 0 Å². The molecule has 1 N–H and O–H groups in total. The second-order valence-corrected chi connectivity index (χ2v) is 6.86. The van der Waals surface area contributed by atoms with E-state index in [1.54, 1.807) is 19.1 Å². The van der Waals surface area contributed by atoms with Gasteiger partial charge in [-0.3, -0.25) is 14.9 Å². The lowest BCUT2D eigenvalue weighted by molar-refractivity contribution is -0.384. The van der Waals surface area contributed by atoms with Crippen molar-refractivity contribution in [3.05, 3.63) is 68.7 Å². The average molecular weight is 405 g/mol. The number of nitro benzene ring substituents is 1. The Morgan fingerprint density at radius 1 is 1.26 bits per heavy atom. The summed E-state index contributed by atoms with van der Waals surface area (Å²) in [6.07, 6.45) is 0. The molecule has 0 saturated carbocycles. The summed E-state index contributed by atoms with van der Waals surface area (Å²) in [5.74, 6) is -1.21. The van der Waals surface area contributed by atoms with Crippen LogP contribution in [0, 0.1) is 10.1 Å². The normalized spacial score (nSPS) is 10.6. The zero-order valence-electron chi connectivity index (χ0n) is 14.0. The molecule has 0 aliphatic heterocycles. The second kappa shape index (κ2) is 7.73. The predicted octanol–water partition coefficient (Wildman–Crippen LogP) is 4.89. The first-order valence-electron chi connectivity index (χ1n) is 7.86. The summed E-state index contributed by atoms with van der Waals surface area (Å²) < 4.78 is 5.89. The molecule has 2 aromatic carbocycles. The van der Waals surface area contributed by atoms with Crippen LogP contribution in [0.15, 0.2) is 42.5 Å². The molecule has 1 amide bonds. The number of esters is 1. The van der Waals surface area contributed by atoms with Crippen LogP contribution in [0.2, 0.25) is 5.02 Å². The molecule has 0 fully saturated rings. The number of amides is 1. The third kappa shape index (κ3) is 3.76. The fraction of sp³-hybridized carbons (Fsp3) is 0.111. The third-order valence-electron chi connectivity index (χ3n) is 3.71. The SMILES string of the molecule is CCOC(=O)c1c(NC(=O)c2cc([N+](=O)[O-])ccc2Cl)sc2ccccc12. The Morgan fingerprint density at radius 3 is 2.70 bits per heavy atom. The molecule has 27 heavy (non-hydrogen) atoms. The van der Waals surface area contributed by atoms with Crippen molar-refractivity contribution in [2.75, 3.05) is 11.9 Å². The maximum atomic E-state index is 12.7. The van der Waals surface area contributed by atoms with Gasteiger partial charge < -0.3 is 10.1 Å². The van der Waals surface area contributed by atoms with Gasteiger partial charge in [-0.2, -0.15) is 0 Å². The van der Waals surface area contributed by atoms with Crippen LogP contribution >= 0.6 is 22.9 Å². The number of carbonyl (C=O) groups is 2. The third-order valence-corrected chi connectivity index (χ3v) is 5.12. The van der Waals surface area contributed by atoms with Crippen molar-refractivity contribution in [1.29, 1.82) is 0 Å². The number of non-ortho nitro benzene ring substituents is 1. The fourth-order valence-electron chi connectivity index (χ4n) is 2.51. The van der Waals surface area contributed by atoms with Crippen LogP contribution in [-0.4, -0.2) is 23.4 Å². The van der Waals surface area contributed by atoms with Gasteiger partial charge in [-0.1, -0.05) is 29.8 Å². The first kappa shape index (κ1) is 18.8. The minimum absolute atomic E-state index is 0.0573. The standard InChI is InChI=1S/C18H13ClN2O5S/c1-2-26-18(23)15-11-5-3-4-6-14(11)27-17(15)20-16(22)12-9-10(21(24)25)7-8-13(12)19/h3-9H,2H2,1H3,(H,20,22). The lowest BCUT2D eigenvalue weighted by Crippen LogP contribution is -2.15. The van der Waals surface area contributed by atoms with Crippen molar-refractivity contribution in [2.24, 2.45) is 0 Å². The second-order valence-electron chi connectivity index (χ2n) is 5.40. The van der Waals surface area contributed by atoms with Crippen LogP contribution in [0.5, 0.6) is 0 Å². The lowest BCUT2D eigenvalue weighted by atomic mass is 10.1.